The van der Waals surface area contributed by atoms with Crippen molar-refractivity contribution in [3.8, 4) is 11.5 Å². The van der Waals surface area contributed by atoms with E-state index < -0.39 is 4.92 Å². The number of nitro groups is 1. The van der Waals surface area contributed by atoms with Gasteiger partial charge in [-0.05, 0) is 36.6 Å². The minimum atomic E-state index is -0.546. The van der Waals surface area contributed by atoms with Gasteiger partial charge in [0.05, 0.1) is 12.0 Å². The maximum atomic E-state index is 11.8. The highest BCUT2D eigenvalue weighted by Crippen LogP contribution is 2.30. The third kappa shape index (κ3) is 5.93. The van der Waals surface area contributed by atoms with Crippen molar-refractivity contribution >= 4 is 23.2 Å². The zero-order chi connectivity index (χ0) is 18.9. The third-order valence-electron chi connectivity index (χ3n) is 3.60. The lowest BCUT2D eigenvalue weighted by Gasteiger charge is -2.09. The molecule has 0 heterocycles. The van der Waals surface area contributed by atoms with Crippen LogP contribution in [0.15, 0.2) is 42.5 Å². The number of methoxy groups -OCH3 is 1. The van der Waals surface area contributed by atoms with Gasteiger partial charge in [0, 0.05) is 23.7 Å². The van der Waals surface area contributed by atoms with Crippen molar-refractivity contribution in [2.24, 2.45) is 0 Å². The van der Waals surface area contributed by atoms with Crippen molar-refractivity contribution in [1.82, 2.24) is 5.32 Å². The molecule has 0 radical (unpaired) electrons. The Morgan fingerprint density at radius 1 is 1.23 bits per heavy atom. The quantitative estimate of drug-likeness (QED) is 0.410. The number of aryl methyl sites for hydroxylation is 1. The SMILES string of the molecule is COc1cc(OCC(=O)NCCCc2ccc(Cl)cc2)ccc1[N+](=O)[O-]. The number of carbonyl (C=O) groups excluding carboxylic acids is 1. The molecular weight excluding hydrogens is 360 g/mol. The second kappa shape index (κ2) is 9.62. The van der Waals surface area contributed by atoms with E-state index in [0.717, 1.165) is 18.4 Å². The van der Waals surface area contributed by atoms with Gasteiger partial charge in [0.15, 0.2) is 6.61 Å². The first-order chi connectivity index (χ1) is 12.5. The first-order valence-electron chi connectivity index (χ1n) is 7.96. The second-order valence-corrected chi connectivity index (χ2v) is 5.90. The second-order valence-electron chi connectivity index (χ2n) is 5.46. The van der Waals surface area contributed by atoms with Gasteiger partial charge in [0.2, 0.25) is 5.75 Å². The van der Waals surface area contributed by atoms with Gasteiger partial charge in [-0.15, -0.1) is 0 Å². The topological polar surface area (TPSA) is 90.7 Å². The van der Waals surface area contributed by atoms with Gasteiger partial charge < -0.3 is 14.8 Å². The number of ether oxygens (including phenoxy) is 2. The minimum Gasteiger partial charge on any atom is -0.490 e. The van der Waals surface area contributed by atoms with Crippen LogP contribution in [0.3, 0.4) is 0 Å². The fraction of sp³-hybridized carbons (Fsp3) is 0.278. The lowest BCUT2D eigenvalue weighted by atomic mass is 10.1. The Morgan fingerprint density at radius 3 is 2.62 bits per heavy atom. The zero-order valence-electron chi connectivity index (χ0n) is 14.2. The zero-order valence-corrected chi connectivity index (χ0v) is 15.0. The van der Waals surface area contributed by atoms with E-state index in [1.807, 2.05) is 24.3 Å². The van der Waals surface area contributed by atoms with Crippen LogP contribution in [0, 0.1) is 10.1 Å². The lowest BCUT2D eigenvalue weighted by Crippen LogP contribution is -2.29. The van der Waals surface area contributed by atoms with E-state index in [2.05, 4.69) is 5.32 Å². The van der Waals surface area contributed by atoms with Gasteiger partial charge >= 0.3 is 5.69 Å². The molecule has 0 atom stereocenters. The largest absolute Gasteiger partial charge is 0.490 e. The van der Waals surface area contributed by atoms with Crippen LogP contribution in [-0.4, -0.2) is 31.1 Å². The average molecular weight is 379 g/mol. The number of amides is 1. The molecule has 7 nitrogen and oxygen atoms in total. The molecule has 8 heteroatoms. The van der Waals surface area contributed by atoms with Gasteiger partial charge in [-0.3, -0.25) is 14.9 Å². The molecule has 0 aliphatic rings. The maximum absolute atomic E-state index is 11.8. The molecule has 2 aromatic rings. The van der Waals surface area contributed by atoms with Crippen LogP contribution in [0.2, 0.25) is 5.02 Å². The summed E-state index contributed by atoms with van der Waals surface area (Å²) in [5, 5.41) is 14.3. The first-order valence-corrected chi connectivity index (χ1v) is 8.34. The molecule has 0 aliphatic heterocycles. The van der Waals surface area contributed by atoms with Crippen LogP contribution in [0.4, 0.5) is 5.69 Å². The molecule has 0 bridgehead atoms. The van der Waals surface area contributed by atoms with Gasteiger partial charge in [-0.2, -0.15) is 0 Å². The molecule has 0 spiro atoms. The molecular formula is C18H19ClN2O5. The van der Waals surface area contributed by atoms with E-state index >= 15 is 0 Å². The van der Waals surface area contributed by atoms with E-state index in [1.165, 1.54) is 25.3 Å². The fourth-order valence-corrected chi connectivity index (χ4v) is 2.40. The molecule has 0 fully saturated rings. The highest BCUT2D eigenvalue weighted by atomic mass is 35.5. The van der Waals surface area contributed by atoms with Crippen molar-refractivity contribution in [2.45, 2.75) is 12.8 Å². The molecule has 26 heavy (non-hydrogen) atoms. The van der Waals surface area contributed by atoms with E-state index in [0.29, 0.717) is 17.3 Å². The molecule has 0 aliphatic carbocycles. The summed E-state index contributed by atoms with van der Waals surface area (Å²) in [6, 6.07) is 11.7. The highest BCUT2D eigenvalue weighted by molar-refractivity contribution is 6.30. The number of nitro benzene ring substituents is 1. The van der Waals surface area contributed by atoms with Crippen molar-refractivity contribution in [3.05, 3.63) is 63.2 Å². The van der Waals surface area contributed by atoms with Gasteiger partial charge in [-0.1, -0.05) is 23.7 Å². The summed E-state index contributed by atoms with van der Waals surface area (Å²) in [4.78, 5) is 22.1. The Bertz CT molecular complexity index is 765. The number of benzene rings is 2. The molecule has 1 amide bonds. The van der Waals surface area contributed by atoms with Crippen molar-refractivity contribution in [3.63, 3.8) is 0 Å². The number of rotatable bonds is 9. The predicted molar refractivity (Wildman–Crippen MR) is 97.9 cm³/mol. The summed E-state index contributed by atoms with van der Waals surface area (Å²) in [5.74, 6) is 0.137. The number of carbonyl (C=O) groups is 1. The Balaban J connectivity index is 1.73. The summed E-state index contributed by atoms with van der Waals surface area (Å²) in [7, 11) is 1.33. The molecule has 2 rings (SSSR count). The molecule has 138 valence electrons. The summed E-state index contributed by atoms with van der Waals surface area (Å²) in [6.45, 7) is 0.344. The third-order valence-corrected chi connectivity index (χ3v) is 3.85. The van der Waals surface area contributed by atoms with E-state index in [1.54, 1.807) is 0 Å². The summed E-state index contributed by atoms with van der Waals surface area (Å²) in [6.07, 6.45) is 1.62. The number of hydrogen-bond donors (Lipinski definition) is 1. The molecule has 0 unspecified atom stereocenters. The fourth-order valence-electron chi connectivity index (χ4n) is 2.27. The van der Waals surface area contributed by atoms with Gasteiger partial charge in [-0.25, -0.2) is 0 Å². The molecule has 1 N–H and O–H groups in total. The number of hydrogen-bond acceptors (Lipinski definition) is 5. The standard InChI is InChI=1S/C18H19ClN2O5/c1-25-17-11-15(8-9-16(17)21(23)24)26-12-18(22)20-10-2-3-13-4-6-14(19)7-5-13/h4-9,11H,2-3,10,12H2,1H3,(H,20,22). The minimum absolute atomic E-state index is 0.0795. The number of nitrogens with one attached hydrogen (secondary N) is 1. The molecule has 0 saturated heterocycles. The summed E-state index contributed by atoms with van der Waals surface area (Å²) >= 11 is 5.83. The smallest absolute Gasteiger partial charge is 0.311 e. The number of halogens is 1. The Hall–Kier alpha value is -2.80. The van der Waals surface area contributed by atoms with Crippen LogP contribution in [0.1, 0.15) is 12.0 Å². The molecule has 2 aromatic carbocycles. The predicted octanol–water partition coefficient (Wildman–Crippen LogP) is 3.38. The Kier molecular flexibility index (Phi) is 7.23. The van der Waals surface area contributed by atoms with E-state index in [9.17, 15) is 14.9 Å². The van der Waals surface area contributed by atoms with Crippen LogP contribution in [0.25, 0.3) is 0 Å². The number of nitrogens with zero attached hydrogens (tertiary/aromatic N) is 1. The van der Waals surface area contributed by atoms with Crippen molar-refractivity contribution in [2.75, 3.05) is 20.3 Å². The van der Waals surface area contributed by atoms with Crippen LogP contribution in [-0.2, 0) is 11.2 Å². The summed E-state index contributed by atoms with van der Waals surface area (Å²) in [5.41, 5.74) is 0.990. The highest BCUT2D eigenvalue weighted by Gasteiger charge is 2.15. The maximum Gasteiger partial charge on any atom is 0.311 e. The van der Waals surface area contributed by atoms with Gasteiger partial charge in [0.1, 0.15) is 5.75 Å². The molecule has 0 saturated carbocycles. The van der Waals surface area contributed by atoms with E-state index in [4.69, 9.17) is 21.1 Å². The van der Waals surface area contributed by atoms with E-state index in [-0.39, 0.29) is 24.0 Å². The van der Waals surface area contributed by atoms with Gasteiger partial charge in [0.25, 0.3) is 5.91 Å². The van der Waals surface area contributed by atoms with Crippen molar-refractivity contribution < 1.29 is 19.2 Å². The van der Waals surface area contributed by atoms with Crippen LogP contribution < -0.4 is 14.8 Å². The molecule has 0 aromatic heterocycles. The lowest BCUT2D eigenvalue weighted by molar-refractivity contribution is -0.385. The summed E-state index contributed by atoms with van der Waals surface area (Å²) < 4.78 is 10.3. The normalized spacial score (nSPS) is 10.2. The Labute approximate surface area is 156 Å². The van der Waals surface area contributed by atoms with Crippen molar-refractivity contribution in [1.29, 1.82) is 0 Å². The Morgan fingerprint density at radius 2 is 1.96 bits per heavy atom. The monoisotopic (exact) mass is 378 g/mol. The average Bonchev–Trinajstić information content (AvgIpc) is 2.64. The van der Waals surface area contributed by atoms with Crippen LogP contribution >= 0.6 is 11.6 Å². The first kappa shape index (κ1) is 19.5. The van der Waals surface area contributed by atoms with Crippen LogP contribution in [0.5, 0.6) is 11.5 Å².